The lowest BCUT2D eigenvalue weighted by molar-refractivity contribution is 0.612. The molecule has 0 radical (unpaired) electrons. The lowest BCUT2D eigenvalue weighted by atomic mass is 10.1. The minimum atomic E-state index is 0.479. The Bertz CT molecular complexity index is 593. The van der Waals surface area contributed by atoms with Crippen LogP contribution in [0.1, 0.15) is 45.4 Å². The molecule has 0 aliphatic carbocycles. The van der Waals surface area contributed by atoms with Gasteiger partial charge < -0.3 is 10.2 Å². The van der Waals surface area contributed by atoms with Crippen LogP contribution >= 0.6 is 11.3 Å². The second-order valence-corrected chi connectivity index (χ2v) is 6.55. The number of fused-ring (bicyclic) bond motifs is 1. The van der Waals surface area contributed by atoms with Gasteiger partial charge in [-0.1, -0.05) is 20.3 Å². The molecule has 0 saturated carbocycles. The van der Waals surface area contributed by atoms with E-state index in [9.17, 15) is 0 Å². The molecular formula is C16H26N4S. The molecule has 1 unspecified atom stereocenters. The molecule has 0 aliphatic heterocycles. The average Bonchev–Trinajstić information content (AvgIpc) is 2.89. The van der Waals surface area contributed by atoms with Crippen molar-refractivity contribution in [3.05, 3.63) is 10.9 Å². The fraction of sp³-hybridized carbons (Fsp3) is 0.625. The van der Waals surface area contributed by atoms with Crippen LogP contribution in [-0.4, -0.2) is 29.6 Å². The molecule has 2 heterocycles. The average molecular weight is 306 g/mol. The topological polar surface area (TPSA) is 41.1 Å². The van der Waals surface area contributed by atoms with Crippen molar-refractivity contribution in [2.45, 2.75) is 53.0 Å². The van der Waals surface area contributed by atoms with E-state index in [1.807, 2.05) is 0 Å². The van der Waals surface area contributed by atoms with Crippen LogP contribution in [0, 0.1) is 0 Å². The third kappa shape index (κ3) is 3.46. The van der Waals surface area contributed by atoms with E-state index in [2.05, 4.69) is 56.0 Å². The molecule has 2 rings (SSSR count). The number of rotatable bonds is 7. The normalized spacial score (nSPS) is 12.6. The number of aromatic nitrogens is 2. The summed E-state index contributed by atoms with van der Waals surface area (Å²) in [5.41, 5.74) is 0. The highest BCUT2D eigenvalue weighted by molar-refractivity contribution is 7.18. The first-order valence-corrected chi connectivity index (χ1v) is 8.69. The van der Waals surface area contributed by atoms with Gasteiger partial charge in [-0.15, -0.1) is 11.3 Å². The fourth-order valence-electron chi connectivity index (χ4n) is 2.46. The Labute approximate surface area is 131 Å². The van der Waals surface area contributed by atoms with Gasteiger partial charge in [-0.2, -0.15) is 4.98 Å². The van der Waals surface area contributed by atoms with Crippen molar-refractivity contribution in [3.63, 3.8) is 0 Å². The fourth-order valence-corrected chi connectivity index (χ4v) is 3.42. The molecule has 0 fully saturated rings. The third-order valence-electron chi connectivity index (χ3n) is 3.81. The number of aryl methyl sites for hydroxylation is 1. The largest absolute Gasteiger partial charge is 0.356 e. The number of thiophene rings is 1. The Hall–Kier alpha value is -1.36. The van der Waals surface area contributed by atoms with Crippen LogP contribution in [0.2, 0.25) is 0 Å². The Morgan fingerprint density at radius 3 is 2.67 bits per heavy atom. The van der Waals surface area contributed by atoms with Gasteiger partial charge in [0.2, 0.25) is 5.95 Å². The molecule has 0 amide bonds. The van der Waals surface area contributed by atoms with Gasteiger partial charge in [0.25, 0.3) is 0 Å². The highest BCUT2D eigenvalue weighted by Crippen LogP contribution is 2.33. The summed E-state index contributed by atoms with van der Waals surface area (Å²) >= 11 is 1.78. The molecule has 0 aromatic carbocycles. The van der Waals surface area contributed by atoms with Gasteiger partial charge in [-0.25, -0.2) is 4.98 Å². The molecular weight excluding hydrogens is 280 g/mol. The highest BCUT2D eigenvalue weighted by atomic mass is 32.1. The van der Waals surface area contributed by atoms with Crippen molar-refractivity contribution < 1.29 is 0 Å². The van der Waals surface area contributed by atoms with Crippen LogP contribution < -0.4 is 10.2 Å². The predicted molar refractivity (Wildman–Crippen MR) is 93.7 cm³/mol. The second-order valence-electron chi connectivity index (χ2n) is 5.43. The zero-order valence-corrected chi connectivity index (χ0v) is 14.5. The van der Waals surface area contributed by atoms with E-state index in [1.54, 1.807) is 11.3 Å². The first-order valence-electron chi connectivity index (χ1n) is 7.87. The van der Waals surface area contributed by atoms with Crippen molar-refractivity contribution in [3.8, 4) is 0 Å². The van der Waals surface area contributed by atoms with Crippen molar-refractivity contribution in [2.24, 2.45) is 0 Å². The predicted octanol–water partition coefficient (Wildman–Crippen LogP) is 4.31. The summed E-state index contributed by atoms with van der Waals surface area (Å²) in [5, 5.41) is 4.44. The van der Waals surface area contributed by atoms with Gasteiger partial charge in [0, 0.05) is 24.5 Å². The van der Waals surface area contributed by atoms with Crippen molar-refractivity contribution in [1.29, 1.82) is 0 Å². The maximum Gasteiger partial charge on any atom is 0.226 e. The van der Waals surface area contributed by atoms with Gasteiger partial charge in [0.15, 0.2) is 0 Å². The standard InChI is InChI=1S/C16H26N4S/c1-6-9-11(4)20(5)14-13-10-12(7-2)21-15(13)19-16(18-14)17-8-3/h10-11H,6-9H2,1-5H3,(H,17,18,19). The molecule has 1 atom stereocenters. The van der Waals surface area contributed by atoms with Crippen molar-refractivity contribution in [1.82, 2.24) is 9.97 Å². The minimum Gasteiger partial charge on any atom is -0.356 e. The summed E-state index contributed by atoms with van der Waals surface area (Å²) in [7, 11) is 2.14. The molecule has 21 heavy (non-hydrogen) atoms. The first kappa shape index (κ1) is 16.0. The van der Waals surface area contributed by atoms with E-state index < -0.39 is 0 Å². The van der Waals surface area contributed by atoms with Crippen LogP contribution in [0.25, 0.3) is 10.2 Å². The number of nitrogens with one attached hydrogen (secondary N) is 1. The maximum atomic E-state index is 4.75. The zero-order valence-electron chi connectivity index (χ0n) is 13.7. The molecule has 0 bridgehead atoms. The molecule has 116 valence electrons. The molecule has 1 N–H and O–H groups in total. The van der Waals surface area contributed by atoms with E-state index >= 15 is 0 Å². The molecule has 0 saturated heterocycles. The Morgan fingerprint density at radius 2 is 2.05 bits per heavy atom. The van der Waals surface area contributed by atoms with Crippen LogP contribution in [0.5, 0.6) is 0 Å². The summed E-state index contributed by atoms with van der Waals surface area (Å²) in [6.07, 6.45) is 3.40. The van der Waals surface area contributed by atoms with E-state index in [4.69, 9.17) is 4.98 Å². The molecule has 0 spiro atoms. The first-order chi connectivity index (χ1) is 10.1. The van der Waals surface area contributed by atoms with E-state index in [-0.39, 0.29) is 0 Å². The van der Waals surface area contributed by atoms with Crippen LogP contribution in [0.15, 0.2) is 6.07 Å². The monoisotopic (exact) mass is 306 g/mol. The molecule has 0 aliphatic rings. The Morgan fingerprint density at radius 1 is 1.29 bits per heavy atom. The van der Waals surface area contributed by atoms with Gasteiger partial charge in [0.05, 0.1) is 5.39 Å². The summed E-state index contributed by atoms with van der Waals surface area (Å²) in [5.74, 6) is 1.79. The molecule has 5 heteroatoms. The number of hydrogen-bond acceptors (Lipinski definition) is 5. The van der Waals surface area contributed by atoms with E-state index in [1.165, 1.54) is 23.1 Å². The lowest BCUT2D eigenvalue weighted by Crippen LogP contribution is -2.29. The second kappa shape index (κ2) is 7.07. The Balaban J connectivity index is 2.49. The SMILES string of the molecule is CCCC(C)N(C)c1nc(NCC)nc2sc(CC)cc12. The summed E-state index contributed by atoms with van der Waals surface area (Å²) < 4.78 is 0. The third-order valence-corrected chi connectivity index (χ3v) is 4.98. The molecule has 2 aromatic heterocycles. The molecule has 2 aromatic rings. The van der Waals surface area contributed by atoms with Gasteiger partial charge >= 0.3 is 0 Å². The van der Waals surface area contributed by atoms with Crippen LogP contribution in [0.3, 0.4) is 0 Å². The van der Waals surface area contributed by atoms with Crippen molar-refractivity contribution >= 4 is 33.3 Å². The summed E-state index contributed by atoms with van der Waals surface area (Å²) in [4.78, 5) is 14.1. The maximum absolute atomic E-state index is 4.75. The summed E-state index contributed by atoms with van der Waals surface area (Å²) in [6.45, 7) is 9.58. The number of nitrogens with zero attached hydrogens (tertiary/aromatic N) is 3. The van der Waals surface area contributed by atoms with Crippen LogP contribution in [0.4, 0.5) is 11.8 Å². The molecule has 4 nitrogen and oxygen atoms in total. The smallest absolute Gasteiger partial charge is 0.226 e. The van der Waals surface area contributed by atoms with Gasteiger partial charge in [0.1, 0.15) is 10.6 Å². The lowest BCUT2D eigenvalue weighted by Gasteiger charge is -2.26. The highest BCUT2D eigenvalue weighted by Gasteiger charge is 2.17. The number of anilines is 2. The minimum absolute atomic E-state index is 0.479. The quantitative estimate of drug-likeness (QED) is 0.827. The van der Waals surface area contributed by atoms with E-state index in [0.29, 0.717) is 6.04 Å². The Kier molecular flexibility index (Phi) is 5.39. The van der Waals surface area contributed by atoms with Crippen molar-refractivity contribution in [2.75, 3.05) is 23.8 Å². The van der Waals surface area contributed by atoms with Crippen LogP contribution in [-0.2, 0) is 6.42 Å². The summed E-state index contributed by atoms with van der Waals surface area (Å²) in [6, 6.07) is 2.73. The zero-order chi connectivity index (χ0) is 15.4. The van der Waals surface area contributed by atoms with E-state index in [0.717, 1.165) is 29.6 Å². The van der Waals surface area contributed by atoms with Gasteiger partial charge in [-0.3, -0.25) is 0 Å². The number of hydrogen-bond donors (Lipinski definition) is 1. The van der Waals surface area contributed by atoms with Gasteiger partial charge in [-0.05, 0) is 32.8 Å².